The van der Waals surface area contributed by atoms with Crippen LogP contribution in [0.5, 0.6) is 17.2 Å². The standard InChI is InChI=1S/C21H22O3Si/c1-22-16-10-4-7-13-19(16)25(20-14-8-5-11-17(20)23-2)21-15-9-6-12-18(21)24-3/h4-15,25H,1-3H3. The van der Waals surface area contributed by atoms with Gasteiger partial charge in [-0.25, -0.2) is 0 Å². The van der Waals surface area contributed by atoms with Crippen LogP contribution in [0.25, 0.3) is 0 Å². The molecule has 3 rings (SSSR count). The van der Waals surface area contributed by atoms with Gasteiger partial charge in [-0.05, 0) is 33.8 Å². The molecule has 0 radical (unpaired) electrons. The third-order valence-corrected chi connectivity index (χ3v) is 7.65. The second-order valence-corrected chi connectivity index (χ2v) is 8.39. The molecule has 25 heavy (non-hydrogen) atoms. The van der Waals surface area contributed by atoms with Gasteiger partial charge in [-0.1, -0.05) is 54.6 Å². The lowest BCUT2D eigenvalue weighted by Crippen LogP contribution is -2.53. The van der Waals surface area contributed by atoms with Crippen LogP contribution in [0.3, 0.4) is 0 Å². The summed E-state index contributed by atoms with van der Waals surface area (Å²) in [6.45, 7) is 0. The van der Waals surface area contributed by atoms with E-state index in [1.54, 1.807) is 21.3 Å². The maximum absolute atomic E-state index is 5.67. The van der Waals surface area contributed by atoms with Gasteiger partial charge in [-0.15, -0.1) is 0 Å². The molecule has 128 valence electrons. The molecule has 0 aliphatic heterocycles. The maximum atomic E-state index is 5.67. The summed E-state index contributed by atoms with van der Waals surface area (Å²) >= 11 is 0. The molecule has 0 amide bonds. The van der Waals surface area contributed by atoms with Gasteiger partial charge in [0, 0.05) is 0 Å². The zero-order chi connectivity index (χ0) is 17.6. The van der Waals surface area contributed by atoms with Gasteiger partial charge in [0.1, 0.15) is 26.0 Å². The number of hydrogen-bond acceptors (Lipinski definition) is 3. The minimum Gasteiger partial charge on any atom is -0.497 e. The van der Waals surface area contributed by atoms with Crippen LogP contribution in [-0.4, -0.2) is 30.1 Å². The van der Waals surface area contributed by atoms with E-state index >= 15 is 0 Å². The van der Waals surface area contributed by atoms with Crippen LogP contribution < -0.4 is 29.8 Å². The molecule has 0 atom stereocenters. The highest BCUT2D eigenvalue weighted by Gasteiger charge is 2.27. The average Bonchev–Trinajstić information content (AvgIpc) is 2.69. The van der Waals surface area contributed by atoms with Gasteiger partial charge >= 0.3 is 0 Å². The highest BCUT2D eigenvalue weighted by Crippen LogP contribution is 2.16. The van der Waals surface area contributed by atoms with Gasteiger partial charge < -0.3 is 14.2 Å². The first-order valence-electron chi connectivity index (χ1n) is 8.19. The van der Waals surface area contributed by atoms with Crippen molar-refractivity contribution in [3.8, 4) is 17.2 Å². The van der Waals surface area contributed by atoms with Crippen molar-refractivity contribution < 1.29 is 14.2 Å². The molecule has 4 heteroatoms. The Morgan fingerprint density at radius 3 is 1.04 bits per heavy atom. The largest absolute Gasteiger partial charge is 0.497 e. The van der Waals surface area contributed by atoms with E-state index in [1.165, 1.54) is 15.6 Å². The number of rotatable bonds is 6. The molecule has 0 aromatic heterocycles. The second kappa shape index (κ2) is 7.90. The van der Waals surface area contributed by atoms with E-state index in [4.69, 9.17) is 14.2 Å². The van der Waals surface area contributed by atoms with Crippen molar-refractivity contribution in [3.63, 3.8) is 0 Å². The van der Waals surface area contributed by atoms with E-state index < -0.39 is 8.80 Å². The Labute approximate surface area is 150 Å². The summed E-state index contributed by atoms with van der Waals surface area (Å²) < 4.78 is 17.0. The van der Waals surface area contributed by atoms with E-state index in [2.05, 4.69) is 36.4 Å². The Balaban J connectivity index is 2.29. The second-order valence-electron chi connectivity index (χ2n) is 5.66. The zero-order valence-corrected chi connectivity index (χ0v) is 15.9. The van der Waals surface area contributed by atoms with Crippen molar-refractivity contribution in [3.05, 3.63) is 72.8 Å². The predicted octanol–water partition coefficient (Wildman–Crippen LogP) is 1.96. The van der Waals surface area contributed by atoms with Crippen LogP contribution in [0.4, 0.5) is 0 Å². The summed E-state index contributed by atoms with van der Waals surface area (Å²) in [4.78, 5) is 0. The number of ether oxygens (including phenoxy) is 3. The summed E-state index contributed by atoms with van der Waals surface area (Å²) in [5, 5.41) is 3.62. The van der Waals surface area contributed by atoms with Gasteiger partial charge in [0.15, 0.2) is 0 Å². The molecule has 0 unspecified atom stereocenters. The molecular weight excluding hydrogens is 328 g/mol. The number of hydrogen-bond donors (Lipinski definition) is 0. The number of benzene rings is 3. The lowest BCUT2D eigenvalue weighted by molar-refractivity contribution is 0.416. The van der Waals surface area contributed by atoms with Crippen LogP contribution in [0.15, 0.2) is 72.8 Å². The van der Waals surface area contributed by atoms with Crippen molar-refractivity contribution in [1.82, 2.24) is 0 Å². The molecule has 0 aliphatic carbocycles. The fourth-order valence-electron chi connectivity index (χ4n) is 3.22. The molecule has 0 saturated carbocycles. The summed E-state index contributed by atoms with van der Waals surface area (Å²) in [5.41, 5.74) is 0. The Kier molecular flexibility index (Phi) is 5.41. The van der Waals surface area contributed by atoms with Crippen molar-refractivity contribution in [2.75, 3.05) is 21.3 Å². The van der Waals surface area contributed by atoms with Crippen LogP contribution in [0, 0.1) is 0 Å². The highest BCUT2D eigenvalue weighted by atomic mass is 28.3. The third kappa shape index (κ3) is 3.39. The Morgan fingerprint density at radius 2 is 0.760 bits per heavy atom. The van der Waals surface area contributed by atoms with Gasteiger partial charge in [0.2, 0.25) is 0 Å². The quantitative estimate of drug-likeness (QED) is 0.502. The van der Waals surface area contributed by atoms with Gasteiger partial charge in [-0.2, -0.15) is 0 Å². The van der Waals surface area contributed by atoms with Crippen LogP contribution in [0.2, 0.25) is 0 Å². The predicted molar refractivity (Wildman–Crippen MR) is 105 cm³/mol. The Hall–Kier alpha value is -2.72. The fraction of sp³-hybridized carbons (Fsp3) is 0.143. The average molecular weight is 350 g/mol. The summed E-state index contributed by atoms with van der Waals surface area (Å²) in [5.74, 6) is 2.70. The molecular formula is C21H22O3Si. The number of para-hydroxylation sites is 3. The Bertz CT molecular complexity index is 735. The van der Waals surface area contributed by atoms with E-state index in [1.807, 2.05) is 36.4 Å². The summed E-state index contributed by atoms with van der Waals surface area (Å²) in [6, 6.07) is 24.7. The molecule has 0 heterocycles. The molecule has 3 nitrogen and oxygen atoms in total. The van der Waals surface area contributed by atoms with Crippen LogP contribution in [-0.2, 0) is 0 Å². The van der Waals surface area contributed by atoms with Crippen molar-refractivity contribution in [2.24, 2.45) is 0 Å². The fourth-order valence-corrected chi connectivity index (χ4v) is 6.63. The van der Waals surface area contributed by atoms with Gasteiger partial charge in [-0.3, -0.25) is 0 Å². The van der Waals surface area contributed by atoms with Gasteiger partial charge in [0.05, 0.1) is 21.3 Å². The van der Waals surface area contributed by atoms with Crippen molar-refractivity contribution in [2.45, 2.75) is 0 Å². The maximum Gasteiger partial charge on any atom is 0.147 e. The molecule has 0 fully saturated rings. The van der Waals surface area contributed by atoms with E-state index in [0.717, 1.165) is 17.2 Å². The zero-order valence-electron chi connectivity index (χ0n) is 14.7. The lowest BCUT2D eigenvalue weighted by Gasteiger charge is -2.23. The molecule has 0 aliphatic rings. The Morgan fingerprint density at radius 1 is 0.480 bits per heavy atom. The van der Waals surface area contributed by atoms with E-state index in [0.29, 0.717) is 0 Å². The third-order valence-electron chi connectivity index (χ3n) is 4.35. The highest BCUT2D eigenvalue weighted by molar-refractivity contribution is 6.97. The monoisotopic (exact) mass is 350 g/mol. The minimum absolute atomic E-state index is 0.899. The van der Waals surface area contributed by atoms with Crippen molar-refractivity contribution >= 4 is 24.4 Å². The molecule has 0 N–H and O–H groups in total. The molecule has 0 spiro atoms. The van der Waals surface area contributed by atoms with Crippen LogP contribution in [0.1, 0.15) is 0 Å². The van der Waals surface area contributed by atoms with Crippen molar-refractivity contribution in [1.29, 1.82) is 0 Å². The normalized spacial score (nSPS) is 10.6. The number of methoxy groups -OCH3 is 3. The molecule has 3 aromatic rings. The smallest absolute Gasteiger partial charge is 0.147 e. The molecule has 0 bridgehead atoms. The van der Waals surface area contributed by atoms with E-state index in [9.17, 15) is 0 Å². The summed E-state index contributed by atoms with van der Waals surface area (Å²) in [6.07, 6.45) is 0. The lowest BCUT2D eigenvalue weighted by atomic mass is 10.3. The minimum atomic E-state index is -1.85. The van der Waals surface area contributed by atoms with Gasteiger partial charge in [0.25, 0.3) is 0 Å². The first kappa shape index (κ1) is 17.1. The molecule has 3 aromatic carbocycles. The van der Waals surface area contributed by atoms with Crippen LogP contribution >= 0.6 is 0 Å². The van der Waals surface area contributed by atoms with E-state index in [-0.39, 0.29) is 0 Å². The molecule has 0 saturated heterocycles. The first-order valence-corrected chi connectivity index (χ1v) is 9.92. The SMILES string of the molecule is COc1ccccc1[SiH](c1ccccc1OC)c1ccccc1OC. The summed E-state index contributed by atoms with van der Waals surface area (Å²) in [7, 11) is 3.30. The topological polar surface area (TPSA) is 27.7 Å². The first-order chi connectivity index (χ1) is 12.3.